The van der Waals surface area contributed by atoms with Crippen LogP contribution in [0, 0.1) is 33.6 Å². The SMILES string of the molecule is COC(=O)C1CCn2c(nc(Br)c2Br)C1.Cc1nc(-c2cnn(C)c2C(=O)CO)sc1C.Cc1nc(-c2cnn(C)c2C(=O)[O-])sc1C.Cl.Cn1ncc(-c2nc(C(F)F)c(Cl)s2)c1C(=O)CO.Cn1ncc(-c2nc(C(F)F)c(Cl)s2)c1C(=O)O.NC1CCn2cc(-c3ccccc3)nc2C1.[Na+]. The van der Waals surface area contributed by atoms with Crippen LogP contribution in [0.5, 0.6) is 0 Å². The van der Waals surface area contributed by atoms with Crippen LogP contribution in [0.15, 0.2) is 70.5 Å². The van der Waals surface area contributed by atoms with Gasteiger partial charge >= 0.3 is 41.5 Å². The third kappa shape index (κ3) is 20.4. The summed E-state index contributed by atoms with van der Waals surface area (Å²) in [5.74, 6) is -1.51. The maximum atomic E-state index is 12.6. The van der Waals surface area contributed by atoms with Crippen LogP contribution in [0.1, 0.15) is 112 Å². The molecule has 0 bridgehead atoms. The van der Waals surface area contributed by atoms with Gasteiger partial charge < -0.3 is 44.8 Å². The standard InChI is InChI=1S/C13H15N3.C11H13N3O2S.C10H8ClF2N3O2S.C10H11N3O2S.C9H10Br2N2O2.C9H6ClF2N3O2S.ClH.Na/c14-11-6-7-16-9-12(15-13(16)8-11)10-4-2-1-3-5-10;1-6-7(2)17-11(13-6)8-4-12-14(3)10(8)9(16)5-15;1-16-7(5(18)3-17)4(2-14-16)10-15-6(9(12)13)8(11)19-10;1-5-6(2)16-9(12-5)7-4-11-13(3)8(7)10(14)15;1-15-9(14)5-2-3-13-6(4-5)12-7(10)8(13)11;1-15-5(9(16)17)3(2-13-15)8-14-4(7(11)12)6(10)18-8;;/h1-5,9,11H,6-8,14H2;4,15H,5H2,1-3H3;2,9,17H,3H2,1H3;4H,1-3H3,(H,14,15);5H,2-4H2,1H3;2,7H,1H3,(H,16,17);1H;/q;;;;;;;+1/p-1. The van der Waals surface area contributed by atoms with Gasteiger partial charge in [-0.1, -0.05) is 53.5 Å². The van der Waals surface area contributed by atoms with Crippen LogP contribution in [0.4, 0.5) is 17.6 Å². The van der Waals surface area contributed by atoms with Gasteiger partial charge in [0.1, 0.15) is 85.5 Å². The molecule has 0 saturated heterocycles. The van der Waals surface area contributed by atoms with E-state index in [0.29, 0.717) is 28.2 Å². The third-order valence-electron chi connectivity index (χ3n) is 15.3. The molecule has 13 rings (SSSR count). The minimum Gasteiger partial charge on any atom is -0.543 e. The molecule has 2 unspecified atom stereocenters. The van der Waals surface area contributed by atoms with Gasteiger partial charge in [-0.3, -0.25) is 33.1 Å². The summed E-state index contributed by atoms with van der Waals surface area (Å²) in [4.78, 5) is 83.9. The zero-order valence-electron chi connectivity index (χ0n) is 56.2. The summed E-state index contributed by atoms with van der Waals surface area (Å²) >= 11 is 22.7. The Morgan fingerprint density at radius 3 is 1.49 bits per heavy atom. The Bertz CT molecular complexity index is 4760. The van der Waals surface area contributed by atoms with Gasteiger partial charge in [-0.15, -0.1) is 57.8 Å². The molecule has 0 fully saturated rings. The van der Waals surface area contributed by atoms with Crippen molar-refractivity contribution in [2.45, 2.75) is 85.4 Å². The molecule has 2 atom stereocenters. The third-order valence-corrected chi connectivity index (χ3v) is 22.0. The van der Waals surface area contributed by atoms with E-state index in [9.17, 15) is 46.6 Å². The van der Waals surface area contributed by atoms with Crippen LogP contribution in [0.25, 0.3) is 53.5 Å². The number of aliphatic hydroxyl groups excluding tert-OH is 2. The van der Waals surface area contributed by atoms with E-state index < -0.39 is 55.2 Å². The Labute approximate surface area is 656 Å². The van der Waals surface area contributed by atoms with Crippen molar-refractivity contribution in [1.29, 1.82) is 0 Å². The predicted molar refractivity (Wildman–Crippen MR) is 383 cm³/mol. The smallest absolute Gasteiger partial charge is 0.543 e. The van der Waals surface area contributed by atoms with Gasteiger partial charge in [0, 0.05) is 81.7 Å². The van der Waals surface area contributed by atoms with Crippen molar-refractivity contribution >= 4 is 142 Å². The van der Waals surface area contributed by atoms with Crippen LogP contribution in [-0.4, -0.2) is 149 Å². The number of ketones is 2. The second-order valence-corrected chi connectivity index (χ2v) is 29.1. The number of hydrogen-bond donors (Lipinski definition) is 4. The van der Waals surface area contributed by atoms with Crippen LogP contribution >= 0.6 is 113 Å². The second-order valence-electron chi connectivity index (χ2n) is 22.0. The first-order valence-electron chi connectivity index (χ1n) is 29.8. The number of fused-ring (bicyclic) bond motifs is 2. The Balaban J connectivity index is 0.000000194. The molecule has 2 aliphatic rings. The van der Waals surface area contributed by atoms with Crippen molar-refractivity contribution in [3.63, 3.8) is 0 Å². The largest absolute Gasteiger partial charge is 1.00 e. The van der Waals surface area contributed by atoms with Crippen LogP contribution in [-0.2, 0) is 63.7 Å². The number of carbonyl (C=O) groups excluding carboxylic acids is 4. The van der Waals surface area contributed by atoms with Crippen molar-refractivity contribution in [3.05, 3.63) is 146 Å². The van der Waals surface area contributed by atoms with Crippen molar-refractivity contribution in [2.75, 3.05) is 20.3 Å². The van der Waals surface area contributed by atoms with E-state index >= 15 is 0 Å². The van der Waals surface area contributed by atoms with E-state index in [1.807, 2.05) is 45.9 Å². The molecular weight excluding hydrogens is 1640 g/mol. The molecule has 1 aromatic carbocycles. The van der Waals surface area contributed by atoms with Crippen molar-refractivity contribution < 1.29 is 96.3 Å². The molecule has 0 spiro atoms. The number of ether oxygens (including phenoxy) is 1. The number of hydrogen-bond acceptors (Lipinski definition) is 24. The van der Waals surface area contributed by atoms with Gasteiger partial charge in [-0.05, 0) is 72.4 Å². The maximum Gasteiger partial charge on any atom is 1.00 e. The summed E-state index contributed by atoms with van der Waals surface area (Å²) < 4.78 is 66.0. The summed E-state index contributed by atoms with van der Waals surface area (Å²) in [6, 6.07) is 10.6. The Hall–Kier alpha value is -6.82. The minimum atomic E-state index is -2.80. The number of carboxylic acid groups (broad SMARTS) is 2. The quantitative estimate of drug-likeness (QED) is 0.0343. The zero-order valence-corrected chi connectivity index (χ0v) is 67.0. The molecule has 103 heavy (non-hydrogen) atoms. The topological polar surface area (TPSA) is 363 Å². The first-order chi connectivity index (χ1) is 47.9. The molecule has 0 radical (unpaired) electrons. The molecule has 2 aliphatic heterocycles. The first-order valence-corrected chi connectivity index (χ1v) is 35.4. The van der Waals surface area contributed by atoms with E-state index in [4.69, 9.17) is 49.0 Å². The van der Waals surface area contributed by atoms with Crippen molar-refractivity contribution in [2.24, 2.45) is 39.8 Å². The fraction of sp³-hybridized carbons (Fsp3) is 0.339. The van der Waals surface area contributed by atoms with Gasteiger partial charge in [0.05, 0.1) is 88.8 Å². The molecule has 0 aliphatic carbocycles. The number of imidazole rings is 2. The number of aliphatic hydroxyl groups is 2. The Morgan fingerprint density at radius 1 is 0.641 bits per heavy atom. The van der Waals surface area contributed by atoms with E-state index in [1.165, 1.54) is 82.1 Å². The molecule has 544 valence electrons. The molecule has 5 N–H and O–H groups in total. The molecule has 41 heteroatoms. The average Bonchev–Trinajstić information content (AvgIpc) is 1.67. The van der Waals surface area contributed by atoms with Crippen LogP contribution in [0.2, 0.25) is 8.67 Å². The van der Waals surface area contributed by atoms with Crippen molar-refractivity contribution in [1.82, 2.24) is 78.2 Å². The molecular formula is C62H63Br2Cl3F4N17NaO10S4. The summed E-state index contributed by atoms with van der Waals surface area (Å²) in [5, 5.41) is 55.2. The molecule has 10 aromatic heterocycles. The van der Waals surface area contributed by atoms with E-state index in [0.717, 1.165) is 112 Å². The monoisotopic (exact) mass is 1700 g/mol. The number of esters is 1. The minimum absolute atomic E-state index is 0. The van der Waals surface area contributed by atoms with E-state index in [1.54, 1.807) is 20.3 Å². The Morgan fingerprint density at radius 2 is 1.08 bits per heavy atom. The first kappa shape index (κ1) is 85.1. The maximum absolute atomic E-state index is 12.6. The number of aromatic nitrogens is 16. The van der Waals surface area contributed by atoms with E-state index in [2.05, 4.69) is 110 Å². The number of nitrogens with two attached hydrogens (primary N) is 1. The molecule has 12 heterocycles. The number of aryl methyl sites for hydroxylation is 9. The van der Waals surface area contributed by atoms with Crippen LogP contribution in [0.3, 0.4) is 0 Å². The van der Waals surface area contributed by atoms with Crippen LogP contribution < -0.4 is 40.4 Å². The molecule has 0 amide bonds. The van der Waals surface area contributed by atoms with E-state index in [-0.39, 0.29) is 113 Å². The van der Waals surface area contributed by atoms with Gasteiger partial charge in [0.2, 0.25) is 11.6 Å². The van der Waals surface area contributed by atoms with Crippen molar-refractivity contribution in [3.8, 4) is 53.5 Å². The number of Topliss-reactive ketones (excluding diaryl/α,β-unsaturated/α-hetero) is 2. The summed E-state index contributed by atoms with van der Waals surface area (Å²) in [5.41, 5.74) is 11.1. The number of nitrogens with zero attached hydrogens (tertiary/aromatic N) is 16. The summed E-state index contributed by atoms with van der Waals surface area (Å²) in [6.45, 7) is 8.34. The number of benzene rings is 1. The number of rotatable bonds is 14. The average molecular weight is 1700 g/mol. The summed E-state index contributed by atoms with van der Waals surface area (Å²) in [7, 11) is 7.63. The fourth-order valence-corrected chi connectivity index (χ4v) is 15.0. The second kappa shape index (κ2) is 37.9. The number of carboxylic acids is 2. The number of alkyl halides is 4. The number of carbonyl (C=O) groups is 5. The number of thiazole rings is 4. The number of aromatic carboxylic acids is 2. The molecule has 11 aromatic rings. The zero-order chi connectivity index (χ0) is 74.0. The summed E-state index contributed by atoms with van der Waals surface area (Å²) in [6.07, 6.45) is 5.66. The molecule has 27 nitrogen and oxygen atoms in total. The predicted octanol–water partition coefficient (Wildman–Crippen LogP) is 8.39. The van der Waals surface area contributed by atoms with Gasteiger partial charge in [0.25, 0.3) is 12.9 Å². The number of methoxy groups -OCH3 is 1. The normalized spacial score (nSPS) is 13.4. The number of halogens is 9. The fourth-order valence-electron chi connectivity index (χ4n) is 9.99. The van der Waals surface area contributed by atoms with Gasteiger partial charge in [-0.2, -0.15) is 20.4 Å². The van der Waals surface area contributed by atoms with Gasteiger partial charge in [0.15, 0.2) is 5.69 Å². The molecule has 0 saturated carbocycles. The Kier molecular flexibility index (Phi) is 31.3. The van der Waals surface area contributed by atoms with Gasteiger partial charge in [-0.25, -0.2) is 52.3 Å².